The minimum Gasteiger partial charge on any atom is -0.468 e. The van der Waals surface area contributed by atoms with E-state index in [1.807, 2.05) is 0 Å². The highest BCUT2D eigenvalue weighted by Crippen LogP contribution is 2.19. The topological polar surface area (TPSA) is 38.3 Å². The standard InChI is InChI=1S/C10H9BrF3NO2/c1-17-10(16)6(11)4-15-8-3-5(12)2-7(13)9(8)14/h2-3,6,15H,4H2,1H3. The van der Waals surface area contributed by atoms with E-state index in [0.717, 1.165) is 6.07 Å². The van der Waals surface area contributed by atoms with Gasteiger partial charge < -0.3 is 10.1 Å². The summed E-state index contributed by atoms with van der Waals surface area (Å²) in [6, 6.07) is 1.24. The van der Waals surface area contributed by atoms with E-state index in [-0.39, 0.29) is 12.2 Å². The fourth-order valence-corrected chi connectivity index (χ4v) is 1.44. The highest BCUT2D eigenvalue weighted by molar-refractivity contribution is 9.10. The second kappa shape index (κ2) is 5.90. The van der Waals surface area contributed by atoms with Crippen molar-refractivity contribution in [2.75, 3.05) is 19.0 Å². The van der Waals surface area contributed by atoms with Crippen LogP contribution >= 0.6 is 15.9 Å². The number of benzene rings is 1. The number of halogens is 4. The van der Waals surface area contributed by atoms with Crippen LogP contribution < -0.4 is 5.32 Å². The number of hydrogen-bond donors (Lipinski definition) is 1. The fraction of sp³-hybridized carbons (Fsp3) is 0.300. The van der Waals surface area contributed by atoms with Crippen LogP contribution in [0.5, 0.6) is 0 Å². The molecule has 0 heterocycles. The van der Waals surface area contributed by atoms with Gasteiger partial charge in [-0.15, -0.1) is 0 Å². The lowest BCUT2D eigenvalue weighted by Gasteiger charge is -2.11. The van der Waals surface area contributed by atoms with Gasteiger partial charge in [-0.2, -0.15) is 0 Å². The molecule has 1 N–H and O–H groups in total. The van der Waals surface area contributed by atoms with Crippen molar-refractivity contribution in [1.82, 2.24) is 0 Å². The Labute approximate surface area is 104 Å². The third kappa shape index (κ3) is 3.62. The molecule has 0 aliphatic rings. The molecule has 3 nitrogen and oxygen atoms in total. The number of carbonyl (C=O) groups excluding carboxylic acids is 1. The minimum absolute atomic E-state index is 0.0630. The van der Waals surface area contributed by atoms with Crippen molar-refractivity contribution in [2.45, 2.75) is 4.83 Å². The first-order valence-corrected chi connectivity index (χ1v) is 5.47. The number of esters is 1. The van der Waals surface area contributed by atoms with E-state index in [2.05, 4.69) is 26.0 Å². The molecule has 0 saturated carbocycles. The number of anilines is 1. The van der Waals surface area contributed by atoms with E-state index in [4.69, 9.17) is 0 Å². The molecule has 0 radical (unpaired) electrons. The zero-order valence-corrected chi connectivity index (χ0v) is 10.4. The monoisotopic (exact) mass is 311 g/mol. The summed E-state index contributed by atoms with van der Waals surface area (Å²) in [4.78, 5) is 10.3. The van der Waals surface area contributed by atoms with Gasteiger partial charge in [-0.1, -0.05) is 15.9 Å². The van der Waals surface area contributed by atoms with Gasteiger partial charge in [0.25, 0.3) is 0 Å². The summed E-state index contributed by atoms with van der Waals surface area (Å²) in [5, 5.41) is 2.41. The molecule has 7 heteroatoms. The molecule has 17 heavy (non-hydrogen) atoms. The second-order valence-electron chi connectivity index (χ2n) is 3.12. The summed E-state index contributed by atoms with van der Waals surface area (Å²) >= 11 is 2.98. The summed E-state index contributed by atoms with van der Waals surface area (Å²) < 4.78 is 43.2. The van der Waals surface area contributed by atoms with E-state index in [1.54, 1.807) is 0 Å². The molecular formula is C10H9BrF3NO2. The Kier molecular flexibility index (Phi) is 4.80. The van der Waals surface area contributed by atoms with Crippen LogP contribution in [0, 0.1) is 17.5 Å². The highest BCUT2D eigenvalue weighted by atomic mass is 79.9. The molecule has 0 aromatic heterocycles. The average molecular weight is 312 g/mol. The van der Waals surface area contributed by atoms with Crippen LogP contribution in [0.3, 0.4) is 0 Å². The maximum Gasteiger partial charge on any atom is 0.321 e. The lowest BCUT2D eigenvalue weighted by atomic mass is 10.2. The Balaban J connectivity index is 2.73. The van der Waals surface area contributed by atoms with Crippen molar-refractivity contribution >= 4 is 27.6 Å². The molecule has 1 aromatic rings. The smallest absolute Gasteiger partial charge is 0.321 e. The molecule has 0 fully saturated rings. The van der Waals surface area contributed by atoms with Crippen LogP contribution in [-0.2, 0) is 9.53 Å². The van der Waals surface area contributed by atoms with E-state index in [9.17, 15) is 18.0 Å². The van der Waals surface area contributed by atoms with Gasteiger partial charge in [-0.3, -0.25) is 4.79 Å². The van der Waals surface area contributed by atoms with Crippen LogP contribution in [0.15, 0.2) is 12.1 Å². The summed E-state index contributed by atoms with van der Waals surface area (Å²) in [5.74, 6) is -3.97. The third-order valence-electron chi connectivity index (χ3n) is 1.92. The maximum absolute atomic E-state index is 13.2. The maximum atomic E-state index is 13.2. The van der Waals surface area contributed by atoms with Gasteiger partial charge in [0.15, 0.2) is 11.6 Å². The molecule has 0 amide bonds. The normalized spacial score (nSPS) is 12.1. The van der Waals surface area contributed by atoms with Crippen molar-refractivity contribution in [3.63, 3.8) is 0 Å². The lowest BCUT2D eigenvalue weighted by molar-refractivity contribution is -0.139. The zero-order valence-electron chi connectivity index (χ0n) is 8.77. The van der Waals surface area contributed by atoms with Crippen LogP contribution in [0.2, 0.25) is 0 Å². The van der Waals surface area contributed by atoms with E-state index < -0.39 is 28.2 Å². The molecule has 0 aliphatic heterocycles. The number of alkyl halides is 1. The first kappa shape index (κ1) is 13.8. The number of hydrogen-bond acceptors (Lipinski definition) is 3. The molecule has 1 unspecified atom stereocenters. The SMILES string of the molecule is COC(=O)C(Br)CNc1cc(F)cc(F)c1F. The lowest BCUT2D eigenvalue weighted by Crippen LogP contribution is -2.24. The van der Waals surface area contributed by atoms with Crippen molar-refractivity contribution < 1.29 is 22.7 Å². The number of methoxy groups -OCH3 is 1. The summed E-state index contributed by atoms with van der Waals surface area (Å²) in [7, 11) is 1.19. The minimum atomic E-state index is -1.29. The van der Waals surface area contributed by atoms with Crippen molar-refractivity contribution in [3.8, 4) is 0 Å². The van der Waals surface area contributed by atoms with Crippen molar-refractivity contribution in [1.29, 1.82) is 0 Å². The van der Waals surface area contributed by atoms with Gasteiger partial charge in [0.05, 0.1) is 12.8 Å². The second-order valence-corrected chi connectivity index (χ2v) is 4.23. The highest BCUT2D eigenvalue weighted by Gasteiger charge is 2.17. The number of rotatable bonds is 4. The first-order valence-electron chi connectivity index (χ1n) is 4.56. The molecule has 1 atom stereocenters. The molecule has 1 aromatic carbocycles. The van der Waals surface area contributed by atoms with Crippen LogP contribution in [0.1, 0.15) is 0 Å². The molecule has 0 spiro atoms. The van der Waals surface area contributed by atoms with Crippen LogP contribution in [0.25, 0.3) is 0 Å². The van der Waals surface area contributed by atoms with Gasteiger partial charge in [0, 0.05) is 18.7 Å². The molecular weight excluding hydrogens is 303 g/mol. The van der Waals surface area contributed by atoms with Crippen LogP contribution in [0.4, 0.5) is 18.9 Å². The largest absolute Gasteiger partial charge is 0.468 e. The number of carbonyl (C=O) groups is 1. The molecule has 0 bridgehead atoms. The van der Waals surface area contributed by atoms with E-state index in [1.165, 1.54) is 7.11 Å². The van der Waals surface area contributed by atoms with E-state index in [0.29, 0.717) is 6.07 Å². The van der Waals surface area contributed by atoms with Crippen LogP contribution in [-0.4, -0.2) is 24.5 Å². The Morgan fingerprint density at radius 3 is 2.71 bits per heavy atom. The predicted octanol–water partition coefficient (Wildman–Crippen LogP) is 2.45. The fourth-order valence-electron chi connectivity index (χ4n) is 1.10. The van der Waals surface area contributed by atoms with Crippen molar-refractivity contribution in [3.05, 3.63) is 29.6 Å². The first-order chi connectivity index (χ1) is 7.95. The molecule has 0 aliphatic carbocycles. The molecule has 1 rings (SSSR count). The Morgan fingerprint density at radius 2 is 2.12 bits per heavy atom. The summed E-state index contributed by atoms with van der Waals surface area (Å²) in [6.45, 7) is -0.0630. The van der Waals surface area contributed by atoms with Gasteiger partial charge >= 0.3 is 5.97 Å². The van der Waals surface area contributed by atoms with Gasteiger partial charge in [0.1, 0.15) is 10.6 Å². The summed E-state index contributed by atoms with van der Waals surface area (Å²) in [5.41, 5.74) is -0.351. The number of ether oxygens (including phenoxy) is 1. The van der Waals surface area contributed by atoms with Gasteiger partial charge in [0.2, 0.25) is 0 Å². The average Bonchev–Trinajstić information content (AvgIpc) is 2.30. The summed E-state index contributed by atoms with van der Waals surface area (Å²) in [6.07, 6.45) is 0. The Hall–Kier alpha value is -1.24. The quantitative estimate of drug-likeness (QED) is 0.527. The van der Waals surface area contributed by atoms with Crippen molar-refractivity contribution in [2.24, 2.45) is 0 Å². The zero-order chi connectivity index (χ0) is 13.0. The third-order valence-corrected chi connectivity index (χ3v) is 2.62. The Morgan fingerprint density at radius 1 is 1.47 bits per heavy atom. The van der Waals surface area contributed by atoms with Gasteiger partial charge in [-0.25, -0.2) is 13.2 Å². The van der Waals surface area contributed by atoms with E-state index >= 15 is 0 Å². The number of nitrogens with one attached hydrogen (secondary N) is 1. The molecule has 0 saturated heterocycles. The molecule has 94 valence electrons. The Bertz CT molecular complexity index is 428. The predicted molar refractivity (Wildman–Crippen MR) is 59.5 cm³/mol. The van der Waals surface area contributed by atoms with Gasteiger partial charge in [-0.05, 0) is 0 Å².